The fourth-order valence-corrected chi connectivity index (χ4v) is 16.1. The number of fused-ring (bicyclic) bond motifs is 9. The van der Waals surface area contributed by atoms with Crippen LogP contribution in [-0.4, -0.2) is 243 Å². The summed E-state index contributed by atoms with van der Waals surface area (Å²) >= 11 is 19.9. The van der Waals surface area contributed by atoms with Crippen molar-refractivity contribution in [1.82, 2.24) is 88.8 Å². The Kier molecular flexibility index (Phi) is 26.7. The van der Waals surface area contributed by atoms with Crippen LogP contribution in [-0.2, 0) is 19.3 Å². The number of carbonyl (C=O) groups excluding carboxylic acids is 2. The van der Waals surface area contributed by atoms with Crippen LogP contribution < -0.4 is 64.8 Å². The average molecular weight is 1830 g/mol. The van der Waals surface area contributed by atoms with Gasteiger partial charge in [-0.1, -0.05) is 34.8 Å². The van der Waals surface area contributed by atoms with Crippen molar-refractivity contribution in [2.75, 3.05) is 159 Å². The summed E-state index contributed by atoms with van der Waals surface area (Å²) in [5.74, 6) is 4.12. The molecule has 2 amide bonds. The summed E-state index contributed by atoms with van der Waals surface area (Å²) < 4.78 is 72.2. The average Bonchev–Trinajstić information content (AvgIpc) is 1.71. The second kappa shape index (κ2) is 38.4. The Balaban J connectivity index is 0.000000137. The quantitative estimate of drug-likeness (QED) is 0.0486. The van der Waals surface area contributed by atoms with Crippen LogP contribution in [0, 0.1) is 0 Å². The summed E-state index contributed by atoms with van der Waals surface area (Å²) in [6.45, 7) is 20.9. The number of sulfone groups is 1. The van der Waals surface area contributed by atoms with Gasteiger partial charge in [0, 0.05) is 205 Å². The standard InChI is InChI=1S/C31H33ClN8O4.C26H25ClN8O2.C17H14ClN5O4S.C15H23N3O2/c1-31(2,3)44-30(41)39-12-10-38(11-13-39)21-8-6-20(7-9-21)35-29-33-17-19-14-24(28-37-34-18-40(28)27(19)36-29)23-15-22(42-4)16-25(43-5)26(23)32;1-36-19-12-20(23(27)22(13-19)37-2)21-11-16-14-29-26(32-24(16)35-15-30-33-25(21)35)31-17-3-5-18(6-4-17)34-9-7-28-8-10-34;1-26-10-5-11(14(18)13(6-10)27-2)12-4-9-7-19-17(28(3,24)25)21-15(9)23-8-20-22-16(12)23;1-15(2,3)20-14(19)18-10-8-17(9-11-18)13-6-4-12(16)5-7-13/h6-9,14-18H,10-13H2,1-5H3,(H,33,35,36);3-6,11-15,28H,7-10H2,1-2H3,(H,29,31,32);4-8H,1-3H3;4-7H,8-11,16H2,1-3H3. The van der Waals surface area contributed by atoms with Crippen molar-refractivity contribution in [3.8, 4) is 67.9 Å². The molecule has 0 unspecified atom stereocenters. The number of pyridine rings is 3. The number of anilines is 8. The van der Waals surface area contributed by atoms with Crippen molar-refractivity contribution in [2.45, 2.75) is 57.9 Å². The van der Waals surface area contributed by atoms with Crippen LogP contribution in [0.1, 0.15) is 41.5 Å². The van der Waals surface area contributed by atoms with E-state index in [4.69, 9.17) is 88.4 Å². The van der Waals surface area contributed by atoms with E-state index < -0.39 is 21.0 Å². The number of aromatic nitrogens is 15. The molecule has 40 heteroatoms. The van der Waals surface area contributed by atoms with E-state index in [1.54, 1.807) is 110 Å². The summed E-state index contributed by atoms with van der Waals surface area (Å²) in [5, 5.41) is 38.2. The number of halogens is 3. The zero-order chi connectivity index (χ0) is 91.2. The molecular weight excluding hydrogens is 1740 g/mol. The summed E-state index contributed by atoms with van der Waals surface area (Å²) in [5.41, 5.74) is 18.2. The van der Waals surface area contributed by atoms with E-state index in [0.29, 0.717) is 149 Å². The third kappa shape index (κ3) is 20.4. The number of nitrogens with two attached hydrogens (primary N) is 1. The van der Waals surface area contributed by atoms with E-state index in [1.165, 1.54) is 25.3 Å². The first-order valence-electron chi connectivity index (χ1n) is 40.9. The maximum absolute atomic E-state index is 12.4. The first-order chi connectivity index (χ1) is 61.9. The molecule has 0 radical (unpaired) electrons. The van der Waals surface area contributed by atoms with Gasteiger partial charge >= 0.3 is 12.2 Å². The molecule has 3 aliphatic rings. The SMILES string of the molecule is CC(C)(C)OC(=O)N1CCN(c2ccc(N)cc2)CC1.COc1cc(OC)c(Cl)c(-c2cc3cnc(Nc4ccc(N5CCN(C(=O)OC(C)(C)C)CC5)cc4)nc3n3cnnc23)c1.COc1cc(OC)c(Cl)c(-c2cc3cnc(Nc4ccc(N5CCNCC5)cc4)nc3n3cnnc23)c1.COc1cc(OC)c(Cl)c(-c2cc3cnc(S(C)(=O)=O)nc3n3cnnc23)c1. The highest BCUT2D eigenvalue weighted by atomic mass is 35.5. The molecule has 0 spiro atoms. The second-order valence-electron chi connectivity index (χ2n) is 32.1. The summed E-state index contributed by atoms with van der Waals surface area (Å²) in [4.78, 5) is 61.6. The minimum absolute atomic E-state index is 0.227. The second-order valence-corrected chi connectivity index (χ2v) is 35.1. The molecule has 0 saturated carbocycles. The molecule has 3 saturated heterocycles. The van der Waals surface area contributed by atoms with Crippen LogP contribution >= 0.6 is 34.8 Å². The van der Waals surface area contributed by atoms with Crippen LogP contribution in [0.4, 0.5) is 55.6 Å². The van der Waals surface area contributed by atoms with Crippen molar-refractivity contribution in [3.05, 3.63) is 180 Å². The van der Waals surface area contributed by atoms with Gasteiger partial charge in [-0.25, -0.2) is 33.0 Å². The van der Waals surface area contributed by atoms with Gasteiger partial charge in [-0.05, 0) is 151 Å². The fourth-order valence-electron chi connectivity index (χ4n) is 14.7. The maximum Gasteiger partial charge on any atom is 0.410 e. The lowest BCUT2D eigenvalue weighted by Crippen LogP contribution is -2.50. The molecule has 0 aliphatic carbocycles. The molecule has 3 aliphatic heterocycles. The van der Waals surface area contributed by atoms with Gasteiger partial charge in [-0.2, -0.15) is 15.0 Å². The molecule has 36 nitrogen and oxygen atoms in total. The predicted octanol–water partition coefficient (Wildman–Crippen LogP) is 14.7. The third-order valence-electron chi connectivity index (χ3n) is 21.1. The molecule has 6 aromatic carbocycles. The number of benzene rings is 6. The number of methoxy groups -OCH3 is 6. The molecule has 9 aromatic heterocycles. The van der Waals surface area contributed by atoms with Gasteiger partial charge in [0.1, 0.15) is 64.7 Å². The lowest BCUT2D eigenvalue weighted by Gasteiger charge is -2.36. The van der Waals surface area contributed by atoms with Crippen LogP contribution in [0.25, 0.3) is 83.4 Å². The van der Waals surface area contributed by atoms with E-state index in [0.717, 1.165) is 109 Å². The number of rotatable bonds is 17. The number of hydrogen-bond acceptors (Lipinski definition) is 31. The lowest BCUT2D eigenvalue weighted by molar-refractivity contribution is 0.0230. The Labute approximate surface area is 757 Å². The molecule has 15 aromatic rings. The molecular formula is C89H95Cl3N24O12S. The zero-order valence-electron chi connectivity index (χ0n) is 73.0. The Morgan fingerprint density at radius 2 is 0.736 bits per heavy atom. The van der Waals surface area contributed by atoms with Crippen molar-refractivity contribution < 1.29 is 55.9 Å². The van der Waals surface area contributed by atoms with Gasteiger partial charge in [-0.3, -0.25) is 13.2 Å². The van der Waals surface area contributed by atoms with E-state index >= 15 is 0 Å². The molecule has 129 heavy (non-hydrogen) atoms. The molecule has 5 N–H and O–H groups in total. The van der Waals surface area contributed by atoms with E-state index in [9.17, 15) is 18.0 Å². The van der Waals surface area contributed by atoms with E-state index in [1.807, 2.05) is 131 Å². The van der Waals surface area contributed by atoms with Crippen LogP contribution in [0.15, 0.2) is 170 Å². The molecule has 12 heterocycles. The zero-order valence-corrected chi connectivity index (χ0v) is 76.1. The highest BCUT2D eigenvalue weighted by molar-refractivity contribution is 7.90. The van der Waals surface area contributed by atoms with E-state index in [-0.39, 0.29) is 17.3 Å². The fraction of sp³-hybridized carbons (Fsp3) is 0.303. The Bertz CT molecular complexity index is 6740. The molecule has 3 fully saturated rings. The maximum atomic E-state index is 12.4. The minimum atomic E-state index is -3.56. The number of nitrogen functional groups attached to an aromatic ring is 1. The van der Waals surface area contributed by atoms with Crippen molar-refractivity contribution in [3.63, 3.8) is 0 Å². The van der Waals surface area contributed by atoms with Crippen molar-refractivity contribution in [2.24, 2.45) is 0 Å². The van der Waals surface area contributed by atoms with Gasteiger partial charge in [0.15, 0.2) is 33.9 Å². The van der Waals surface area contributed by atoms with Crippen LogP contribution in [0.2, 0.25) is 15.1 Å². The lowest BCUT2D eigenvalue weighted by atomic mass is 10.0. The number of nitrogens with zero attached hydrogens (tertiary/aromatic N) is 20. The van der Waals surface area contributed by atoms with Crippen molar-refractivity contribution >= 4 is 153 Å². The van der Waals surface area contributed by atoms with Gasteiger partial charge in [-0.15, -0.1) is 30.6 Å². The van der Waals surface area contributed by atoms with Gasteiger partial charge in [0.05, 0.1) is 57.7 Å². The number of nitrogens with one attached hydrogen (secondary N) is 3. The molecule has 670 valence electrons. The molecule has 0 bridgehead atoms. The monoisotopic (exact) mass is 1830 g/mol. The normalized spacial score (nSPS) is 13.7. The van der Waals surface area contributed by atoms with Gasteiger partial charge in [0.2, 0.25) is 26.9 Å². The number of amides is 2. The Hall–Kier alpha value is -13.9. The Morgan fingerprint density at radius 1 is 0.411 bits per heavy atom. The first kappa shape index (κ1) is 89.9. The largest absolute Gasteiger partial charge is 0.497 e. The minimum Gasteiger partial charge on any atom is -0.497 e. The highest BCUT2D eigenvalue weighted by Crippen LogP contribution is 2.45. The summed E-state index contributed by atoms with van der Waals surface area (Å²) in [6, 6.07) is 40.4. The molecule has 0 atom stereocenters. The molecule has 18 rings (SSSR count). The Morgan fingerprint density at radius 3 is 1.06 bits per heavy atom. The highest BCUT2D eigenvalue weighted by Gasteiger charge is 2.30. The van der Waals surface area contributed by atoms with Crippen LogP contribution in [0.5, 0.6) is 34.5 Å². The first-order valence-corrected chi connectivity index (χ1v) is 43.9. The van der Waals surface area contributed by atoms with Crippen LogP contribution in [0.3, 0.4) is 0 Å². The topological polar surface area (TPSA) is 388 Å². The van der Waals surface area contributed by atoms with E-state index in [2.05, 4.69) is 93.3 Å². The summed E-state index contributed by atoms with van der Waals surface area (Å²) in [7, 11) is 5.80. The number of carbonyl (C=O) groups is 2. The third-order valence-corrected chi connectivity index (χ3v) is 23.2. The number of piperazine rings is 3. The predicted molar refractivity (Wildman–Crippen MR) is 497 cm³/mol. The number of hydrogen-bond donors (Lipinski definition) is 4. The smallest absolute Gasteiger partial charge is 0.410 e. The van der Waals surface area contributed by atoms with Gasteiger partial charge in [0.25, 0.3) is 0 Å². The summed E-state index contributed by atoms with van der Waals surface area (Å²) in [6.07, 6.45) is 10.2. The van der Waals surface area contributed by atoms with Gasteiger partial charge < -0.3 is 84.1 Å². The van der Waals surface area contributed by atoms with Crippen molar-refractivity contribution in [1.29, 1.82) is 0 Å². The number of ether oxygens (including phenoxy) is 8.